The van der Waals surface area contributed by atoms with Crippen molar-refractivity contribution in [1.29, 1.82) is 0 Å². The predicted octanol–water partition coefficient (Wildman–Crippen LogP) is 6.40. The Balaban J connectivity index is 1.31. The van der Waals surface area contributed by atoms with Crippen molar-refractivity contribution in [1.82, 2.24) is 0 Å². The van der Waals surface area contributed by atoms with Crippen molar-refractivity contribution in [3.05, 3.63) is 124 Å². The summed E-state index contributed by atoms with van der Waals surface area (Å²) >= 11 is 6.02. The molecule has 0 unspecified atom stereocenters. The summed E-state index contributed by atoms with van der Waals surface area (Å²) in [7, 11) is 0. The summed E-state index contributed by atoms with van der Waals surface area (Å²) in [5.74, 6) is -1.08. The molecule has 3 nitrogen and oxygen atoms in total. The van der Waals surface area contributed by atoms with E-state index in [2.05, 4.69) is 24.3 Å². The van der Waals surface area contributed by atoms with Crippen LogP contribution in [0.2, 0.25) is 5.02 Å². The highest BCUT2D eigenvalue weighted by Crippen LogP contribution is 2.61. The summed E-state index contributed by atoms with van der Waals surface area (Å²) < 4.78 is 0. The van der Waals surface area contributed by atoms with E-state index in [4.69, 9.17) is 11.6 Å². The van der Waals surface area contributed by atoms with Gasteiger partial charge in [-0.15, -0.1) is 0 Å². The van der Waals surface area contributed by atoms with Crippen LogP contribution in [0.4, 0.5) is 5.69 Å². The topological polar surface area (TPSA) is 37.4 Å². The monoisotopic (exact) mass is 461 g/mol. The van der Waals surface area contributed by atoms with Crippen LogP contribution < -0.4 is 4.90 Å². The third kappa shape index (κ3) is 2.59. The van der Waals surface area contributed by atoms with Gasteiger partial charge in [0, 0.05) is 16.9 Å². The minimum Gasteiger partial charge on any atom is -0.274 e. The third-order valence-corrected chi connectivity index (χ3v) is 8.00. The Bertz CT molecular complexity index is 1360. The molecule has 3 aliphatic carbocycles. The van der Waals surface area contributed by atoms with Crippen LogP contribution >= 0.6 is 11.6 Å². The lowest BCUT2D eigenvalue weighted by Crippen LogP contribution is -2.41. The minimum absolute atomic E-state index is 0.0859. The number of carbonyl (C=O) groups excluding carboxylic acids is 2. The van der Waals surface area contributed by atoms with E-state index in [1.807, 2.05) is 72.8 Å². The first-order valence-corrected chi connectivity index (χ1v) is 11.9. The molecule has 1 aliphatic heterocycles. The number of hydrogen-bond donors (Lipinski definition) is 0. The van der Waals surface area contributed by atoms with E-state index in [1.165, 1.54) is 27.2 Å². The molecule has 0 N–H and O–H groups in total. The third-order valence-electron chi connectivity index (χ3n) is 7.75. The summed E-state index contributed by atoms with van der Waals surface area (Å²) in [6, 6.07) is 31.9. The molecule has 0 aromatic heterocycles. The van der Waals surface area contributed by atoms with E-state index in [0.29, 0.717) is 10.7 Å². The molecule has 164 valence electrons. The van der Waals surface area contributed by atoms with Gasteiger partial charge in [-0.1, -0.05) is 84.4 Å². The van der Waals surface area contributed by atoms with Crippen LogP contribution in [-0.2, 0) is 9.59 Å². The molecule has 1 saturated heterocycles. The second-order valence-corrected chi connectivity index (χ2v) is 9.77. The Morgan fingerprint density at radius 1 is 0.529 bits per heavy atom. The molecular formula is C30H20ClNO2. The van der Waals surface area contributed by atoms with Crippen molar-refractivity contribution < 1.29 is 9.59 Å². The highest BCUT2D eigenvalue weighted by Gasteiger charge is 2.61. The second-order valence-electron chi connectivity index (χ2n) is 9.33. The fourth-order valence-electron chi connectivity index (χ4n) is 6.38. The van der Waals surface area contributed by atoms with Crippen molar-refractivity contribution in [2.45, 2.75) is 11.8 Å². The zero-order chi connectivity index (χ0) is 23.0. The first kappa shape index (κ1) is 19.7. The van der Waals surface area contributed by atoms with Gasteiger partial charge in [-0.2, -0.15) is 0 Å². The number of carbonyl (C=O) groups is 2. The molecule has 1 heterocycles. The molecule has 8 rings (SSSR count). The largest absolute Gasteiger partial charge is 0.274 e. The fraction of sp³-hybridized carbons (Fsp3) is 0.133. The van der Waals surface area contributed by atoms with Gasteiger partial charge in [0.15, 0.2) is 0 Å². The van der Waals surface area contributed by atoms with Crippen molar-refractivity contribution in [2.24, 2.45) is 11.8 Å². The maximum Gasteiger partial charge on any atom is 0.238 e. The number of imide groups is 1. The first-order chi connectivity index (χ1) is 16.6. The second kappa shape index (κ2) is 7.15. The number of halogens is 1. The van der Waals surface area contributed by atoms with Gasteiger partial charge in [0.2, 0.25) is 11.8 Å². The summed E-state index contributed by atoms with van der Waals surface area (Å²) in [6.07, 6.45) is 0. The quantitative estimate of drug-likeness (QED) is 0.324. The molecular weight excluding hydrogens is 442 g/mol. The first-order valence-electron chi connectivity index (χ1n) is 11.5. The average molecular weight is 462 g/mol. The van der Waals surface area contributed by atoms with E-state index in [1.54, 1.807) is 0 Å². The van der Waals surface area contributed by atoms with Crippen molar-refractivity contribution in [2.75, 3.05) is 4.90 Å². The molecule has 0 spiro atoms. The van der Waals surface area contributed by atoms with Crippen molar-refractivity contribution in [3.8, 4) is 11.1 Å². The van der Waals surface area contributed by atoms with E-state index >= 15 is 0 Å². The Labute approximate surface area is 202 Å². The van der Waals surface area contributed by atoms with Gasteiger partial charge in [-0.05, 0) is 57.6 Å². The Kier molecular flexibility index (Phi) is 4.15. The summed E-state index contributed by atoms with van der Waals surface area (Å²) in [5, 5.41) is 0.688. The highest BCUT2D eigenvalue weighted by molar-refractivity contribution is 6.30. The van der Waals surface area contributed by atoms with E-state index in [0.717, 1.165) is 11.1 Å². The summed E-state index contributed by atoms with van der Waals surface area (Å²) in [4.78, 5) is 29.1. The lowest BCUT2D eigenvalue weighted by Gasteiger charge is -2.45. The molecule has 2 amide bonds. The number of anilines is 1. The number of nitrogens with zero attached hydrogens (tertiary/aromatic N) is 1. The minimum atomic E-state index is -0.363. The normalized spacial score (nSPS) is 24.1. The summed E-state index contributed by atoms with van der Waals surface area (Å²) in [6.45, 7) is 0. The predicted molar refractivity (Wildman–Crippen MR) is 133 cm³/mol. The molecule has 4 aromatic carbocycles. The standard InChI is InChI=1S/C30H20ClNO2/c31-19-13-9-17(10-14-19)18-11-15-20(16-12-18)32-29(33)27-25-21-5-1-2-6-22(21)26(28(27)30(32)34)24-8-4-3-7-23(24)25/h1-16,25-28H/t25?,26?,27-,28-/m1/s1. The maximum atomic E-state index is 13.8. The van der Waals surface area contributed by atoms with Gasteiger partial charge < -0.3 is 0 Å². The van der Waals surface area contributed by atoms with Gasteiger partial charge in [-0.3, -0.25) is 9.59 Å². The molecule has 4 aliphatic rings. The number of amides is 2. The van der Waals surface area contributed by atoms with Gasteiger partial charge in [0.25, 0.3) is 0 Å². The fourth-order valence-corrected chi connectivity index (χ4v) is 6.50. The van der Waals surface area contributed by atoms with E-state index < -0.39 is 0 Å². The zero-order valence-corrected chi connectivity index (χ0v) is 18.9. The molecule has 2 bridgehead atoms. The molecule has 0 saturated carbocycles. The molecule has 2 atom stereocenters. The molecule has 34 heavy (non-hydrogen) atoms. The van der Waals surface area contributed by atoms with Crippen LogP contribution in [0.5, 0.6) is 0 Å². The van der Waals surface area contributed by atoms with Crippen LogP contribution in [-0.4, -0.2) is 11.8 Å². The number of hydrogen-bond acceptors (Lipinski definition) is 2. The van der Waals surface area contributed by atoms with Crippen LogP contribution in [0.3, 0.4) is 0 Å². The summed E-state index contributed by atoms with van der Waals surface area (Å²) in [5.41, 5.74) is 7.43. The Morgan fingerprint density at radius 2 is 0.912 bits per heavy atom. The van der Waals surface area contributed by atoms with E-state index in [9.17, 15) is 9.59 Å². The average Bonchev–Trinajstić information content (AvgIpc) is 3.15. The molecule has 1 fully saturated rings. The van der Waals surface area contributed by atoms with Crippen molar-refractivity contribution >= 4 is 29.1 Å². The van der Waals surface area contributed by atoms with Crippen molar-refractivity contribution in [3.63, 3.8) is 0 Å². The smallest absolute Gasteiger partial charge is 0.238 e. The highest BCUT2D eigenvalue weighted by atomic mass is 35.5. The van der Waals surface area contributed by atoms with Gasteiger partial charge >= 0.3 is 0 Å². The van der Waals surface area contributed by atoms with E-state index in [-0.39, 0.29) is 35.5 Å². The molecule has 0 radical (unpaired) electrons. The number of rotatable bonds is 2. The lowest BCUT2D eigenvalue weighted by atomic mass is 9.55. The SMILES string of the molecule is O=C1[C@@H]2C3c4ccccc4C(c4ccccc43)[C@H]2C(=O)N1c1ccc(-c2ccc(Cl)cc2)cc1. The molecule has 4 aromatic rings. The Morgan fingerprint density at radius 3 is 1.32 bits per heavy atom. The van der Waals surface area contributed by atoms with Gasteiger partial charge in [0.05, 0.1) is 17.5 Å². The van der Waals surface area contributed by atoms with Crippen LogP contribution in [0, 0.1) is 11.8 Å². The van der Waals surface area contributed by atoms with Gasteiger partial charge in [0.1, 0.15) is 0 Å². The van der Waals surface area contributed by atoms with Crippen LogP contribution in [0.25, 0.3) is 11.1 Å². The van der Waals surface area contributed by atoms with Crippen LogP contribution in [0.1, 0.15) is 34.1 Å². The zero-order valence-electron chi connectivity index (χ0n) is 18.2. The number of benzene rings is 4. The van der Waals surface area contributed by atoms with Crippen LogP contribution in [0.15, 0.2) is 97.1 Å². The maximum absolute atomic E-state index is 13.8. The Hall–Kier alpha value is -3.69. The molecule has 4 heteroatoms. The van der Waals surface area contributed by atoms with Gasteiger partial charge in [-0.25, -0.2) is 4.90 Å². The lowest BCUT2D eigenvalue weighted by molar-refractivity contribution is -0.122.